The molecule has 0 radical (unpaired) electrons. The molecule has 0 spiro atoms. The number of carbonyl (C=O) groups excluding carboxylic acids is 1. The molecule has 1 saturated heterocycles. The maximum atomic E-state index is 12.4. The Kier molecular flexibility index (Phi) is 6.82. The molecule has 0 aliphatic carbocycles. The van der Waals surface area contributed by atoms with Crippen molar-refractivity contribution in [3.63, 3.8) is 0 Å². The van der Waals surface area contributed by atoms with Crippen molar-refractivity contribution in [2.24, 2.45) is 11.1 Å². The second-order valence-corrected chi connectivity index (χ2v) is 8.31. The van der Waals surface area contributed by atoms with Crippen LogP contribution in [0.5, 0.6) is 0 Å². The van der Waals surface area contributed by atoms with Crippen LogP contribution in [0, 0.1) is 5.41 Å². The summed E-state index contributed by atoms with van der Waals surface area (Å²) in [6.07, 6.45) is 2.76. The molecule has 2 N–H and O–H groups in total. The standard InChI is InChI=1S/C17H30N4O2.ClH/c1-16(2,3)15-19-13(23-20-15)7-6-8-14(22)21-10-9-12(18)17(4,5)11-21;/h12H,6-11,18H2,1-5H3;1H. The average molecular weight is 359 g/mol. The minimum Gasteiger partial charge on any atom is -0.342 e. The number of nitrogens with zero attached hydrogens (tertiary/aromatic N) is 3. The Morgan fingerprint density at radius 2 is 2.08 bits per heavy atom. The van der Waals surface area contributed by atoms with Crippen molar-refractivity contribution in [3.05, 3.63) is 11.7 Å². The molecule has 6 nitrogen and oxygen atoms in total. The van der Waals surface area contributed by atoms with Crippen LogP contribution in [0.25, 0.3) is 0 Å². The third-order valence-corrected chi connectivity index (χ3v) is 4.59. The fraction of sp³-hybridized carbons (Fsp3) is 0.824. The minimum absolute atomic E-state index is 0. The van der Waals surface area contributed by atoms with E-state index in [-0.39, 0.29) is 35.2 Å². The maximum absolute atomic E-state index is 12.4. The third kappa shape index (κ3) is 5.18. The number of piperidine rings is 1. The number of nitrogens with two attached hydrogens (primary N) is 1. The third-order valence-electron chi connectivity index (χ3n) is 4.59. The second-order valence-electron chi connectivity index (χ2n) is 8.31. The maximum Gasteiger partial charge on any atom is 0.226 e. The highest BCUT2D eigenvalue weighted by atomic mass is 35.5. The van der Waals surface area contributed by atoms with E-state index in [0.717, 1.165) is 25.9 Å². The first-order valence-corrected chi connectivity index (χ1v) is 8.46. The number of hydrogen-bond donors (Lipinski definition) is 1. The van der Waals surface area contributed by atoms with E-state index in [9.17, 15) is 4.79 Å². The molecule has 0 saturated carbocycles. The molecular weight excluding hydrogens is 328 g/mol. The topological polar surface area (TPSA) is 85.2 Å². The lowest BCUT2D eigenvalue weighted by Gasteiger charge is -2.42. The molecule has 24 heavy (non-hydrogen) atoms. The van der Waals surface area contributed by atoms with Crippen molar-refractivity contribution in [2.45, 2.75) is 71.8 Å². The Hall–Kier alpha value is -1.14. The molecule has 1 aliphatic rings. The van der Waals surface area contributed by atoms with Crippen LogP contribution in [-0.4, -0.2) is 40.1 Å². The fourth-order valence-electron chi connectivity index (χ4n) is 2.80. The summed E-state index contributed by atoms with van der Waals surface area (Å²) in [5.74, 6) is 1.52. The van der Waals surface area contributed by atoms with Crippen LogP contribution in [0.2, 0.25) is 0 Å². The van der Waals surface area contributed by atoms with Gasteiger partial charge < -0.3 is 15.2 Å². The molecule has 0 bridgehead atoms. The Labute approximate surface area is 150 Å². The second kappa shape index (κ2) is 7.83. The SMILES string of the molecule is CC(C)(C)c1noc(CCCC(=O)N2CCC(N)C(C)(C)C2)n1.Cl. The number of amides is 1. The first-order valence-electron chi connectivity index (χ1n) is 8.46. The monoisotopic (exact) mass is 358 g/mol. The molecule has 1 fully saturated rings. The molecule has 1 amide bonds. The van der Waals surface area contributed by atoms with Crippen molar-refractivity contribution in [1.82, 2.24) is 15.0 Å². The van der Waals surface area contributed by atoms with E-state index in [1.807, 2.05) is 25.7 Å². The zero-order chi connectivity index (χ0) is 17.3. The van der Waals surface area contributed by atoms with Crippen LogP contribution in [0.4, 0.5) is 0 Å². The van der Waals surface area contributed by atoms with E-state index in [4.69, 9.17) is 10.3 Å². The Morgan fingerprint density at radius 1 is 1.42 bits per heavy atom. The van der Waals surface area contributed by atoms with Crippen molar-refractivity contribution in [3.8, 4) is 0 Å². The number of likely N-dealkylation sites (tertiary alicyclic amines) is 1. The van der Waals surface area contributed by atoms with Gasteiger partial charge in [0.1, 0.15) is 0 Å². The Morgan fingerprint density at radius 3 is 2.62 bits per heavy atom. The van der Waals surface area contributed by atoms with Gasteiger partial charge >= 0.3 is 0 Å². The largest absolute Gasteiger partial charge is 0.342 e. The van der Waals surface area contributed by atoms with Crippen molar-refractivity contribution < 1.29 is 9.32 Å². The molecule has 1 aromatic heterocycles. The van der Waals surface area contributed by atoms with E-state index in [0.29, 0.717) is 24.6 Å². The van der Waals surface area contributed by atoms with Gasteiger partial charge in [0.25, 0.3) is 0 Å². The first kappa shape index (κ1) is 20.9. The van der Waals surface area contributed by atoms with Crippen LogP contribution in [0.3, 0.4) is 0 Å². The summed E-state index contributed by atoms with van der Waals surface area (Å²) >= 11 is 0. The van der Waals surface area contributed by atoms with Crippen LogP contribution in [0.1, 0.15) is 65.6 Å². The Bertz CT molecular complexity index is 551. The summed E-state index contributed by atoms with van der Waals surface area (Å²) in [6, 6.07) is 0.167. The minimum atomic E-state index is -0.115. The van der Waals surface area contributed by atoms with Gasteiger partial charge in [-0.15, -0.1) is 12.4 Å². The van der Waals surface area contributed by atoms with E-state index in [1.165, 1.54) is 0 Å². The highest BCUT2D eigenvalue weighted by Crippen LogP contribution is 2.28. The fourth-order valence-corrected chi connectivity index (χ4v) is 2.80. The zero-order valence-electron chi connectivity index (χ0n) is 15.5. The summed E-state index contributed by atoms with van der Waals surface area (Å²) in [5, 5.41) is 4.01. The van der Waals surface area contributed by atoms with Crippen LogP contribution in [0.15, 0.2) is 4.52 Å². The van der Waals surface area contributed by atoms with Crippen molar-refractivity contribution >= 4 is 18.3 Å². The molecule has 1 unspecified atom stereocenters. The highest BCUT2D eigenvalue weighted by Gasteiger charge is 2.35. The van der Waals surface area contributed by atoms with Crippen molar-refractivity contribution in [1.29, 1.82) is 0 Å². The predicted octanol–water partition coefficient (Wildman–Crippen LogP) is 2.70. The van der Waals surface area contributed by atoms with E-state index in [1.54, 1.807) is 0 Å². The number of halogens is 1. The van der Waals surface area contributed by atoms with E-state index in [2.05, 4.69) is 24.0 Å². The van der Waals surface area contributed by atoms with Gasteiger partial charge in [-0.25, -0.2) is 0 Å². The molecule has 2 rings (SSSR count). The molecule has 1 atom stereocenters. The molecule has 138 valence electrons. The molecule has 0 aromatic carbocycles. The molecule has 2 heterocycles. The smallest absolute Gasteiger partial charge is 0.226 e. The average Bonchev–Trinajstić information content (AvgIpc) is 2.90. The quantitative estimate of drug-likeness (QED) is 0.894. The van der Waals surface area contributed by atoms with E-state index >= 15 is 0 Å². The number of hydrogen-bond acceptors (Lipinski definition) is 5. The number of aryl methyl sites for hydroxylation is 1. The molecule has 1 aliphatic heterocycles. The van der Waals surface area contributed by atoms with Gasteiger partial charge in [0, 0.05) is 37.4 Å². The number of carbonyl (C=O) groups is 1. The summed E-state index contributed by atoms with van der Waals surface area (Å²) in [4.78, 5) is 18.7. The lowest BCUT2D eigenvalue weighted by Crippen LogP contribution is -2.53. The number of aromatic nitrogens is 2. The van der Waals surface area contributed by atoms with Gasteiger partial charge in [0.15, 0.2) is 5.82 Å². The lowest BCUT2D eigenvalue weighted by molar-refractivity contribution is -0.134. The summed E-state index contributed by atoms with van der Waals surface area (Å²) in [5.41, 5.74) is 6.00. The summed E-state index contributed by atoms with van der Waals surface area (Å²) in [7, 11) is 0. The predicted molar refractivity (Wildman–Crippen MR) is 96.1 cm³/mol. The van der Waals surface area contributed by atoms with Gasteiger partial charge in [-0.2, -0.15) is 4.98 Å². The molecule has 1 aromatic rings. The van der Waals surface area contributed by atoms with Gasteiger partial charge in [0.2, 0.25) is 11.8 Å². The van der Waals surface area contributed by atoms with Gasteiger partial charge in [-0.05, 0) is 18.3 Å². The number of rotatable bonds is 4. The van der Waals surface area contributed by atoms with Crippen LogP contribution in [-0.2, 0) is 16.6 Å². The summed E-state index contributed by atoms with van der Waals surface area (Å²) in [6.45, 7) is 11.9. The van der Waals surface area contributed by atoms with Crippen LogP contribution < -0.4 is 5.73 Å². The molecule has 7 heteroatoms. The highest BCUT2D eigenvalue weighted by molar-refractivity contribution is 5.85. The van der Waals surface area contributed by atoms with Crippen LogP contribution >= 0.6 is 12.4 Å². The zero-order valence-corrected chi connectivity index (χ0v) is 16.3. The van der Waals surface area contributed by atoms with Gasteiger partial charge in [-0.3, -0.25) is 4.79 Å². The summed E-state index contributed by atoms with van der Waals surface area (Å²) < 4.78 is 5.26. The normalized spacial score (nSPS) is 20.6. The van der Waals surface area contributed by atoms with Crippen molar-refractivity contribution in [2.75, 3.05) is 13.1 Å². The van der Waals surface area contributed by atoms with Gasteiger partial charge in [0.05, 0.1) is 0 Å². The Balaban J connectivity index is 0.00000288. The van der Waals surface area contributed by atoms with E-state index < -0.39 is 0 Å². The first-order chi connectivity index (χ1) is 10.6. The van der Waals surface area contributed by atoms with Gasteiger partial charge in [-0.1, -0.05) is 39.8 Å². The molecular formula is C17H31ClN4O2. The lowest BCUT2D eigenvalue weighted by atomic mass is 9.79.